The summed E-state index contributed by atoms with van der Waals surface area (Å²) in [5.74, 6) is 1.14. The molecule has 5 rings (SSSR count). The first-order valence-corrected chi connectivity index (χ1v) is 9.47. The van der Waals surface area contributed by atoms with Crippen molar-refractivity contribution in [3.63, 3.8) is 0 Å². The standard InChI is InChI=1S/C18H19N5OS.ClH/c1-2-4-15-14(3-1)23-18(25-15)22-12-7-13(8-12)24-17-16(11-9-19-10-11)20-5-6-21-17;/h1-6,11-13,19H,7-10H2,(H,22,23);1H. The van der Waals surface area contributed by atoms with Gasteiger partial charge in [0.15, 0.2) is 5.13 Å². The van der Waals surface area contributed by atoms with Gasteiger partial charge in [-0.05, 0) is 12.1 Å². The molecule has 0 spiro atoms. The molecule has 0 amide bonds. The Kier molecular flexibility index (Phi) is 4.93. The van der Waals surface area contributed by atoms with Crippen LogP contribution in [-0.2, 0) is 0 Å². The van der Waals surface area contributed by atoms with Gasteiger partial charge in [0, 0.05) is 50.3 Å². The normalized spacial score (nSPS) is 22.2. The monoisotopic (exact) mass is 389 g/mol. The summed E-state index contributed by atoms with van der Waals surface area (Å²) < 4.78 is 7.32. The van der Waals surface area contributed by atoms with Gasteiger partial charge in [0.1, 0.15) is 11.8 Å². The maximum atomic E-state index is 6.11. The van der Waals surface area contributed by atoms with Crippen molar-refractivity contribution in [3.05, 3.63) is 42.4 Å². The van der Waals surface area contributed by atoms with E-state index in [2.05, 4.69) is 37.7 Å². The number of hydrogen-bond donors (Lipinski definition) is 2. The van der Waals surface area contributed by atoms with Crippen LogP contribution in [0.15, 0.2) is 36.7 Å². The first kappa shape index (κ1) is 17.5. The number of para-hydroxylation sites is 1. The van der Waals surface area contributed by atoms with E-state index >= 15 is 0 Å². The number of ether oxygens (including phenoxy) is 1. The summed E-state index contributed by atoms with van der Waals surface area (Å²) in [6.45, 7) is 1.92. The lowest BCUT2D eigenvalue weighted by Crippen LogP contribution is -2.44. The van der Waals surface area contributed by atoms with Gasteiger partial charge in [0.05, 0.1) is 10.2 Å². The lowest BCUT2D eigenvalue weighted by molar-refractivity contribution is 0.0996. The summed E-state index contributed by atoms with van der Waals surface area (Å²) in [5, 5.41) is 7.79. The van der Waals surface area contributed by atoms with E-state index in [-0.39, 0.29) is 18.5 Å². The zero-order chi connectivity index (χ0) is 16.6. The quantitative estimate of drug-likeness (QED) is 0.698. The van der Waals surface area contributed by atoms with Crippen LogP contribution < -0.4 is 15.4 Å². The van der Waals surface area contributed by atoms with E-state index in [1.807, 2.05) is 12.1 Å². The minimum atomic E-state index is 0. The molecule has 0 bridgehead atoms. The molecule has 2 fully saturated rings. The third kappa shape index (κ3) is 3.34. The Labute approximate surface area is 161 Å². The molecule has 0 radical (unpaired) electrons. The number of fused-ring (bicyclic) bond motifs is 1. The highest BCUT2D eigenvalue weighted by Gasteiger charge is 2.33. The van der Waals surface area contributed by atoms with Crippen LogP contribution in [0.5, 0.6) is 5.88 Å². The highest BCUT2D eigenvalue weighted by Crippen LogP contribution is 2.33. The fourth-order valence-electron chi connectivity index (χ4n) is 3.24. The van der Waals surface area contributed by atoms with Gasteiger partial charge in [-0.1, -0.05) is 23.5 Å². The summed E-state index contributed by atoms with van der Waals surface area (Å²) >= 11 is 1.70. The fourth-order valence-corrected chi connectivity index (χ4v) is 4.18. The molecule has 1 saturated heterocycles. The SMILES string of the molecule is Cl.c1ccc2sc(NC3CC(Oc4nccnc4C4CNC4)C3)nc2c1. The van der Waals surface area contributed by atoms with Crippen molar-refractivity contribution in [2.24, 2.45) is 0 Å². The second-order valence-electron chi connectivity index (χ2n) is 6.64. The van der Waals surface area contributed by atoms with Crippen molar-refractivity contribution < 1.29 is 4.74 Å². The van der Waals surface area contributed by atoms with Gasteiger partial charge in [0.25, 0.3) is 0 Å². The fraction of sp³-hybridized carbons (Fsp3) is 0.389. The predicted octanol–water partition coefficient (Wildman–Crippen LogP) is 3.22. The van der Waals surface area contributed by atoms with Gasteiger partial charge in [-0.15, -0.1) is 12.4 Å². The molecule has 26 heavy (non-hydrogen) atoms. The zero-order valence-corrected chi connectivity index (χ0v) is 15.7. The smallest absolute Gasteiger partial charge is 0.236 e. The maximum Gasteiger partial charge on any atom is 0.236 e. The van der Waals surface area contributed by atoms with Gasteiger partial charge in [-0.3, -0.25) is 4.98 Å². The number of aromatic nitrogens is 3. The summed E-state index contributed by atoms with van der Waals surface area (Å²) in [7, 11) is 0. The largest absolute Gasteiger partial charge is 0.473 e. The molecule has 2 aliphatic rings. The van der Waals surface area contributed by atoms with E-state index in [4.69, 9.17) is 4.74 Å². The number of rotatable bonds is 5. The molecule has 2 N–H and O–H groups in total. The highest BCUT2D eigenvalue weighted by molar-refractivity contribution is 7.22. The Hall–Kier alpha value is -1.96. The van der Waals surface area contributed by atoms with Crippen molar-refractivity contribution in [2.45, 2.75) is 30.9 Å². The van der Waals surface area contributed by atoms with Crippen LogP contribution >= 0.6 is 23.7 Å². The number of thiazole rings is 1. The maximum absolute atomic E-state index is 6.11. The van der Waals surface area contributed by atoms with E-state index in [1.165, 1.54) is 4.70 Å². The average Bonchev–Trinajstić information content (AvgIpc) is 2.95. The molecule has 1 aromatic carbocycles. The topological polar surface area (TPSA) is 72.0 Å². The minimum absolute atomic E-state index is 0. The molecule has 3 heterocycles. The van der Waals surface area contributed by atoms with Crippen LogP contribution in [-0.4, -0.2) is 40.2 Å². The number of hydrogen-bond acceptors (Lipinski definition) is 7. The highest BCUT2D eigenvalue weighted by atomic mass is 35.5. The van der Waals surface area contributed by atoms with Crippen molar-refractivity contribution in [1.29, 1.82) is 0 Å². The molecule has 1 saturated carbocycles. The number of nitrogens with zero attached hydrogens (tertiary/aromatic N) is 3. The number of benzene rings is 1. The molecular weight excluding hydrogens is 370 g/mol. The first-order valence-electron chi connectivity index (χ1n) is 8.65. The van der Waals surface area contributed by atoms with E-state index < -0.39 is 0 Å². The molecule has 0 unspecified atom stereocenters. The molecule has 0 atom stereocenters. The van der Waals surface area contributed by atoms with Crippen LogP contribution in [0.4, 0.5) is 5.13 Å². The molecule has 1 aliphatic heterocycles. The van der Waals surface area contributed by atoms with Crippen LogP contribution in [0, 0.1) is 0 Å². The molecule has 6 nitrogen and oxygen atoms in total. The van der Waals surface area contributed by atoms with Crippen molar-refractivity contribution in [1.82, 2.24) is 20.3 Å². The number of anilines is 1. The van der Waals surface area contributed by atoms with Gasteiger partial charge >= 0.3 is 0 Å². The van der Waals surface area contributed by atoms with Gasteiger partial charge < -0.3 is 15.4 Å². The third-order valence-corrected chi connectivity index (χ3v) is 5.82. The summed E-state index contributed by atoms with van der Waals surface area (Å²) in [5.41, 5.74) is 2.05. The number of halogens is 1. The Balaban J connectivity index is 0.00000168. The minimum Gasteiger partial charge on any atom is -0.473 e. The van der Waals surface area contributed by atoms with Gasteiger partial charge in [-0.25, -0.2) is 9.97 Å². The molecular formula is C18H20ClN5OS. The Morgan fingerprint density at radius 1 is 1.12 bits per heavy atom. The van der Waals surface area contributed by atoms with Crippen molar-refractivity contribution in [2.75, 3.05) is 18.4 Å². The second kappa shape index (κ2) is 7.34. The van der Waals surface area contributed by atoms with Crippen LogP contribution in [0.1, 0.15) is 24.5 Å². The van der Waals surface area contributed by atoms with E-state index in [0.717, 1.165) is 42.3 Å². The van der Waals surface area contributed by atoms with Crippen LogP contribution in [0.25, 0.3) is 10.2 Å². The van der Waals surface area contributed by atoms with Crippen molar-refractivity contribution in [3.8, 4) is 5.88 Å². The summed E-state index contributed by atoms with van der Waals surface area (Å²) in [6, 6.07) is 8.64. The summed E-state index contributed by atoms with van der Waals surface area (Å²) in [4.78, 5) is 13.5. The average molecular weight is 390 g/mol. The van der Waals surface area contributed by atoms with Gasteiger partial charge in [-0.2, -0.15) is 0 Å². The van der Waals surface area contributed by atoms with E-state index in [9.17, 15) is 0 Å². The molecule has 8 heteroatoms. The summed E-state index contributed by atoms with van der Waals surface area (Å²) in [6.07, 6.45) is 5.60. The van der Waals surface area contributed by atoms with E-state index in [1.54, 1.807) is 23.7 Å². The second-order valence-corrected chi connectivity index (χ2v) is 7.67. The van der Waals surface area contributed by atoms with Gasteiger partial charge in [0.2, 0.25) is 5.88 Å². The molecule has 136 valence electrons. The Bertz CT molecular complexity index is 861. The molecule has 2 aromatic heterocycles. The van der Waals surface area contributed by atoms with E-state index in [0.29, 0.717) is 17.8 Å². The lowest BCUT2D eigenvalue weighted by Gasteiger charge is -2.36. The lowest BCUT2D eigenvalue weighted by atomic mass is 9.89. The molecule has 1 aliphatic carbocycles. The zero-order valence-electron chi connectivity index (χ0n) is 14.1. The Morgan fingerprint density at radius 3 is 2.69 bits per heavy atom. The molecule has 3 aromatic rings. The van der Waals surface area contributed by atoms with Crippen LogP contribution in [0.3, 0.4) is 0 Å². The first-order chi connectivity index (χ1) is 12.3. The van der Waals surface area contributed by atoms with Crippen LogP contribution in [0.2, 0.25) is 0 Å². The predicted molar refractivity (Wildman–Crippen MR) is 106 cm³/mol. The van der Waals surface area contributed by atoms with Crippen molar-refractivity contribution >= 4 is 39.1 Å². The number of nitrogens with one attached hydrogen (secondary N) is 2. The Morgan fingerprint density at radius 2 is 1.92 bits per heavy atom. The third-order valence-electron chi connectivity index (χ3n) is 4.85.